The molecule has 35 heavy (non-hydrogen) atoms. The predicted octanol–water partition coefficient (Wildman–Crippen LogP) is 3.91. The molecule has 0 bridgehead atoms. The molecular formula is C23H19F3N4O4S. The number of para-hydroxylation sites is 1. The van der Waals surface area contributed by atoms with Crippen molar-refractivity contribution in [3.8, 4) is 5.75 Å². The van der Waals surface area contributed by atoms with Crippen LogP contribution in [0.2, 0.25) is 0 Å². The number of aromatic carboxylic acids is 1. The summed E-state index contributed by atoms with van der Waals surface area (Å²) in [5.74, 6) is -2.94. The van der Waals surface area contributed by atoms with Crippen molar-refractivity contribution in [1.82, 2.24) is 9.55 Å². The number of carboxylic acids is 1. The van der Waals surface area contributed by atoms with Gasteiger partial charge >= 0.3 is 12.6 Å². The minimum absolute atomic E-state index is 0.106. The van der Waals surface area contributed by atoms with Gasteiger partial charge in [0.15, 0.2) is 16.7 Å². The molecule has 0 spiro atoms. The van der Waals surface area contributed by atoms with E-state index in [9.17, 15) is 23.5 Å². The Bertz CT molecular complexity index is 1480. The number of piperazine rings is 1. The monoisotopic (exact) mass is 504 g/mol. The van der Waals surface area contributed by atoms with E-state index in [0.29, 0.717) is 26.2 Å². The number of rotatable bonds is 5. The summed E-state index contributed by atoms with van der Waals surface area (Å²) < 4.78 is 49.1. The highest BCUT2D eigenvalue weighted by Crippen LogP contribution is 2.40. The average Bonchev–Trinajstić information content (AvgIpc) is 3.25. The lowest BCUT2D eigenvalue weighted by molar-refractivity contribution is -0.0488. The van der Waals surface area contributed by atoms with Gasteiger partial charge in [0.2, 0.25) is 5.43 Å². The number of thiazole rings is 1. The van der Waals surface area contributed by atoms with E-state index in [1.165, 1.54) is 23.0 Å². The van der Waals surface area contributed by atoms with E-state index in [2.05, 4.69) is 4.98 Å². The summed E-state index contributed by atoms with van der Waals surface area (Å²) in [6.07, 6.45) is 1.01. The van der Waals surface area contributed by atoms with Gasteiger partial charge in [0.25, 0.3) is 0 Å². The highest BCUT2D eigenvalue weighted by molar-refractivity contribution is 7.22. The van der Waals surface area contributed by atoms with E-state index in [1.54, 1.807) is 4.90 Å². The van der Waals surface area contributed by atoms with Crippen LogP contribution in [0.25, 0.3) is 21.1 Å². The smallest absolute Gasteiger partial charge is 0.387 e. The first-order valence-corrected chi connectivity index (χ1v) is 11.5. The van der Waals surface area contributed by atoms with Crippen LogP contribution >= 0.6 is 11.3 Å². The summed E-state index contributed by atoms with van der Waals surface area (Å²) in [5.41, 5.74) is -0.995. The molecule has 0 atom stereocenters. The second-order valence-corrected chi connectivity index (χ2v) is 9.05. The lowest BCUT2D eigenvalue weighted by atomic mass is 10.1. The summed E-state index contributed by atoms with van der Waals surface area (Å²) in [6, 6.07) is 8.62. The molecule has 0 amide bonds. The maximum absolute atomic E-state index is 15.3. The third-order valence-electron chi connectivity index (χ3n) is 5.93. The fraction of sp³-hybridized carbons (Fsp3) is 0.261. The number of nitrogens with zero attached hydrogens (tertiary/aromatic N) is 4. The Morgan fingerprint density at radius 3 is 2.51 bits per heavy atom. The number of fused-ring (bicyclic) bond motifs is 2. The summed E-state index contributed by atoms with van der Waals surface area (Å²) in [4.78, 5) is 32.3. The standard InChI is InChI=1S/C23H19F3N4O4S/c1-28-11-13(21(32)33)19(31)12-10-14(24)18(20(17(12)28)34-22(25)26)29-6-8-30(9-7-29)23-27-15-4-2-3-5-16(15)35-23/h2-5,10-11,22H,6-9H2,1H3,(H,32,33). The maximum Gasteiger partial charge on any atom is 0.387 e. The van der Waals surface area contributed by atoms with Gasteiger partial charge in [-0.15, -0.1) is 0 Å². The van der Waals surface area contributed by atoms with Gasteiger partial charge in [0, 0.05) is 39.4 Å². The van der Waals surface area contributed by atoms with Crippen LogP contribution in [0.1, 0.15) is 10.4 Å². The first-order chi connectivity index (χ1) is 16.7. The number of anilines is 2. The van der Waals surface area contributed by atoms with Crippen LogP contribution in [-0.4, -0.2) is 53.4 Å². The van der Waals surface area contributed by atoms with Crippen LogP contribution in [0.5, 0.6) is 5.75 Å². The molecule has 1 aliphatic rings. The zero-order valence-corrected chi connectivity index (χ0v) is 19.2. The number of carbonyl (C=O) groups is 1. The van der Waals surface area contributed by atoms with E-state index in [-0.39, 0.29) is 16.6 Å². The minimum atomic E-state index is -3.28. The van der Waals surface area contributed by atoms with Gasteiger partial charge in [-0.1, -0.05) is 23.5 Å². The molecule has 0 saturated carbocycles. The molecule has 0 aliphatic carbocycles. The zero-order chi connectivity index (χ0) is 24.9. The molecule has 0 unspecified atom stereocenters. The topological polar surface area (TPSA) is 87.9 Å². The van der Waals surface area contributed by atoms with E-state index in [0.717, 1.165) is 27.6 Å². The van der Waals surface area contributed by atoms with Crippen LogP contribution in [0, 0.1) is 5.82 Å². The summed E-state index contributed by atoms with van der Waals surface area (Å²) in [6.45, 7) is -1.78. The normalized spacial score (nSPS) is 14.3. The van der Waals surface area contributed by atoms with Gasteiger partial charge in [0.1, 0.15) is 11.3 Å². The third kappa shape index (κ3) is 4.03. The fourth-order valence-corrected chi connectivity index (χ4v) is 5.37. The summed E-state index contributed by atoms with van der Waals surface area (Å²) >= 11 is 1.54. The Morgan fingerprint density at radius 1 is 1.17 bits per heavy atom. The van der Waals surface area contributed by atoms with Crippen LogP contribution in [-0.2, 0) is 7.05 Å². The fourth-order valence-electron chi connectivity index (χ4n) is 4.36. The zero-order valence-electron chi connectivity index (χ0n) is 18.4. The molecule has 2 aromatic carbocycles. The minimum Gasteiger partial charge on any atom is -0.477 e. The van der Waals surface area contributed by atoms with Crippen molar-refractivity contribution in [2.75, 3.05) is 36.0 Å². The highest BCUT2D eigenvalue weighted by Gasteiger charge is 2.29. The van der Waals surface area contributed by atoms with Crippen molar-refractivity contribution in [2.45, 2.75) is 6.61 Å². The number of pyridine rings is 1. The van der Waals surface area contributed by atoms with Crippen LogP contribution in [0.3, 0.4) is 0 Å². The molecule has 5 rings (SSSR count). The van der Waals surface area contributed by atoms with Crippen molar-refractivity contribution in [3.05, 3.63) is 58.1 Å². The Labute approximate surface area is 200 Å². The Balaban J connectivity index is 1.54. The molecule has 1 fully saturated rings. The molecule has 182 valence electrons. The summed E-state index contributed by atoms with van der Waals surface area (Å²) in [5, 5.41) is 9.75. The number of hydrogen-bond acceptors (Lipinski definition) is 7. The molecule has 4 aromatic rings. The molecular weight excluding hydrogens is 485 g/mol. The first-order valence-electron chi connectivity index (χ1n) is 10.6. The number of hydrogen-bond donors (Lipinski definition) is 1. The molecule has 8 nitrogen and oxygen atoms in total. The SMILES string of the molecule is Cn1cc(C(=O)O)c(=O)c2cc(F)c(N3CCN(c4nc5ccccc5s4)CC3)c(OC(F)F)c21. The lowest BCUT2D eigenvalue weighted by Crippen LogP contribution is -2.47. The van der Waals surface area contributed by atoms with E-state index < -0.39 is 35.1 Å². The van der Waals surface area contributed by atoms with Crippen LogP contribution in [0.15, 0.2) is 41.3 Å². The van der Waals surface area contributed by atoms with Gasteiger partial charge in [-0.25, -0.2) is 14.2 Å². The number of aryl methyl sites for hydroxylation is 1. The quantitative estimate of drug-likeness (QED) is 0.441. The Hall–Kier alpha value is -3.80. The van der Waals surface area contributed by atoms with Crippen molar-refractivity contribution < 1.29 is 27.8 Å². The van der Waals surface area contributed by atoms with E-state index in [4.69, 9.17) is 4.74 Å². The number of alkyl halides is 2. The number of benzene rings is 2. The van der Waals surface area contributed by atoms with Gasteiger partial charge in [-0.2, -0.15) is 8.78 Å². The van der Waals surface area contributed by atoms with Crippen molar-refractivity contribution in [2.24, 2.45) is 7.05 Å². The maximum atomic E-state index is 15.3. The largest absolute Gasteiger partial charge is 0.477 e. The molecule has 2 aromatic heterocycles. The van der Waals surface area contributed by atoms with Crippen molar-refractivity contribution in [1.29, 1.82) is 0 Å². The second kappa shape index (κ2) is 8.77. The van der Waals surface area contributed by atoms with Crippen molar-refractivity contribution in [3.63, 3.8) is 0 Å². The third-order valence-corrected chi connectivity index (χ3v) is 7.03. The van der Waals surface area contributed by atoms with Crippen LogP contribution in [0.4, 0.5) is 24.0 Å². The van der Waals surface area contributed by atoms with Gasteiger partial charge in [0.05, 0.1) is 21.1 Å². The lowest BCUT2D eigenvalue weighted by Gasteiger charge is -2.37. The van der Waals surface area contributed by atoms with Crippen molar-refractivity contribution >= 4 is 49.2 Å². The van der Waals surface area contributed by atoms with Gasteiger partial charge < -0.3 is 24.2 Å². The predicted molar refractivity (Wildman–Crippen MR) is 127 cm³/mol. The summed E-state index contributed by atoms with van der Waals surface area (Å²) in [7, 11) is 1.39. The molecule has 12 heteroatoms. The number of aromatic nitrogens is 2. The number of ether oxygens (including phenoxy) is 1. The molecule has 3 heterocycles. The Kier molecular flexibility index (Phi) is 5.75. The average molecular weight is 504 g/mol. The highest BCUT2D eigenvalue weighted by atomic mass is 32.1. The number of halogens is 3. The first kappa shape index (κ1) is 23.0. The molecule has 1 saturated heterocycles. The van der Waals surface area contributed by atoms with E-state index in [1.807, 2.05) is 29.2 Å². The number of carboxylic acid groups (broad SMARTS) is 1. The molecule has 1 aliphatic heterocycles. The molecule has 1 N–H and O–H groups in total. The Morgan fingerprint density at radius 2 is 1.86 bits per heavy atom. The van der Waals surface area contributed by atoms with Gasteiger partial charge in [-0.05, 0) is 18.2 Å². The van der Waals surface area contributed by atoms with E-state index >= 15 is 4.39 Å². The second-order valence-electron chi connectivity index (χ2n) is 8.04. The van der Waals surface area contributed by atoms with Crippen LogP contribution < -0.4 is 20.0 Å². The van der Waals surface area contributed by atoms with Gasteiger partial charge in [-0.3, -0.25) is 4.79 Å². The molecule has 0 radical (unpaired) electrons.